The molecule has 3 heterocycles. The standard InChI is InChI=1S/C21H32N4O3S/c1-17(16-29-3)23-12-8-21(9-13-23)19(26)24(15-18-7-4-5-10-22-18)20(27)25(21)11-6-14-28-2/h4-5,7,10,17H,6,8-9,11-16H2,1-3H3. The average molecular weight is 421 g/mol. The lowest BCUT2D eigenvalue weighted by molar-refractivity contribution is -0.136. The first kappa shape index (κ1) is 22.1. The summed E-state index contributed by atoms with van der Waals surface area (Å²) in [5, 5.41) is 0. The van der Waals surface area contributed by atoms with Crippen LogP contribution in [-0.4, -0.2) is 88.6 Å². The number of carbonyl (C=O) groups excluding carboxylic acids is 2. The number of hydrogen-bond acceptors (Lipinski definition) is 6. The van der Waals surface area contributed by atoms with E-state index in [1.165, 1.54) is 4.90 Å². The van der Waals surface area contributed by atoms with Crippen molar-refractivity contribution in [2.45, 2.75) is 44.3 Å². The zero-order valence-electron chi connectivity index (χ0n) is 17.7. The summed E-state index contributed by atoms with van der Waals surface area (Å²) in [6.07, 6.45) is 5.90. The number of imide groups is 1. The van der Waals surface area contributed by atoms with Gasteiger partial charge < -0.3 is 9.64 Å². The monoisotopic (exact) mass is 420 g/mol. The number of nitrogens with zero attached hydrogens (tertiary/aromatic N) is 4. The Hall–Kier alpha value is -1.64. The van der Waals surface area contributed by atoms with Crippen LogP contribution in [0.3, 0.4) is 0 Å². The lowest BCUT2D eigenvalue weighted by Crippen LogP contribution is -2.58. The lowest BCUT2D eigenvalue weighted by atomic mass is 9.85. The number of urea groups is 1. The van der Waals surface area contributed by atoms with E-state index in [1.807, 2.05) is 34.9 Å². The molecule has 2 aliphatic rings. The molecule has 0 bridgehead atoms. The number of aromatic nitrogens is 1. The van der Waals surface area contributed by atoms with Gasteiger partial charge in [0, 0.05) is 51.3 Å². The molecule has 0 N–H and O–H groups in total. The molecule has 2 aliphatic heterocycles. The van der Waals surface area contributed by atoms with E-state index in [4.69, 9.17) is 4.74 Å². The van der Waals surface area contributed by atoms with Gasteiger partial charge in [0.05, 0.1) is 12.2 Å². The summed E-state index contributed by atoms with van der Waals surface area (Å²) in [6.45, 7) is 5.24. The highest BCUT2D eigenvalue weighted by atomic mass is 32.2. The van der Waals surface area contributed by atoms with E-state index in [9.17, 15) is 9.59 Å². The van der Waals surface area contributed by atoms with Gasteiger partial charge in [-0.2, -0.15) is 11.8 Å². The van der Waals surface area contributed by atoms with Crippen molar-refractivity contribution in [3.05, 3.63) is 30.1 Å². The maximum absolute atomic E-state index is 13.5. The Morgan fingerprint density at radius 1 is 1.28 bits per heavy atom. The molecule has 3 rings (SSSR count). The molecular weight excluding hydrogens is 388 g/mol. The van der Waals surface area contributed by atoms with E-state index in [0.717, 1.165) is 31.0 Å². The molecule has 1 spiro atoms. The zero-order valence-corrected chi connectivity index (χ0v) is 18.5. The second-order valence-corrected chi connectivity index (χ2v) is 8.78. The number of pyridine rings is 1. The third kappa shape index (κ3) is 4.59. The Bertz CT molecular complexity index is 694. The van der Waals surface area contributed by atoms with Crippen molar-refractivity contribution < 1.29 is 14.3 Å². The maximum Gasteiger partial charge on any atom is 0.328 e. The van der Waals surface area contributed by atoms with Crippen LogP contribution in [0.15, 0.2) is 24.4 Å². The molecule has 1 atom stereocenters. The van der Waals surface area contributed by atoms with Crippen molar-refractivity contribution in [1.82, 2.24) is 19.7 Å². The second-order valence-electron chi connectivity index (χ2n) is 7.86. The third-order valence-corrected chi connectivity index (χ3v) is 6.87. The Kier molecular flexibility index (Phi) is 7.54. The van der Waals surface area contributed by atoms with Gasteiger partial charge in [-0.25, -0.2) is 4.79 Å². The quantitative estimate of drug-likeness (QED) is 0.452. The fourth-order valence-corrected chi connectivity index (χ4v) is 5.11. The Morgan fingerprint density at radius 3 is 2.66 bits per heavy atom. The zero-order chi connectivity index (χ0) is 20.9. The molecule has 0 radical (unpaired) electrons. The minimum absolute atomic E-state index is 0.0669. The van der Waals surface area contributed by atoms with Gasteiger partial charge >= 0.3 is 6.03 Å². The molecule has 0 saturated carbocycles. The first-order chi connectivity index (χ1) is 14.0. The molecule has 2 fully saturated rings. The molecule has 1 unspecified atom stereocenters. The van der Waals surface area contributed by atoms with Crippen LogP contribution < -0.4 is 0 Å². The molecule has 1 aromatic rings. The SMILES string of the molecule is COCCCN1C(=O)N(Cc2ccccn2)C(=O)C12CCN(C(C)CSC)CC2. The molecule has 2 saturated heterocycles. The van der Waals surface area contributed by atoms with Crippen LogP contribution in [-0.2, 0) is 16.1 Å². The summed E-state index contributed by atoms with van der Waals surface area (Å²) in [7, 11) is 1.66. The summed E-state index contributed by atoms with van der Waals surface area (Å²) < 4.78 is 5.18. The highest BCUT2D eigenvalue weighted by Gasteiger charge is 2.57. The van der Waals surface area contributed by atoms with Crippen molar-refractivity contribution >= 4 is 23.7 Å². The first-order valence-electron chi connectivity index (χ1n) is 10.3. The fourth-order valence-electron chi connectivity index (χ4n) is 4.42. The Balaban J connectivity index is 1.79. The number of likely N-dealkylation sites (tertiary alicyclic amines) is 1. The number of piperidine rings is 1. The Morgan fingerprint density at radius 2 is 2.03 bits per heavy atom. The molecule has 29 heavy (non-hydrogen) atoms. The van der Waals surface area contributed by atoms with Crippen LogP contribution in [0.5, 0.6) is 0 Å². The van der Waals surface area contributed by atoms with Crippen LogP contribution in [0.2, 0.25) is 0 Å². The van der Waals surface area contributed by atoms with E-state index in [-0.39, 0.29) is 18.5 Å². The normalized spacial score (nSPS) is 20.7. The molecular formula is C21H32N4O3S. The van der Waals surface area contributed by atoms with Crippen LogP contribution in [0.4, 0.5) is 4.79 Å². The molecule has 1 aromatic heterocycles. The smallest absolute Gasteiger partial charge is 0.328 e. The van der Waals surface area contributed by atoms with E-state index in [0.29, 0.717) is 32.0 Å². The van der Waals surface area contributed by atoms with Gasteiger partial charge in [-0.1, -0.05) is 6.07 Å². The van der Waals surface area contributed by atoms with Crippen molar-refractivity contribution in [3.63, 3.8) is 0 Å². The number of rotatable bonds is 9. The van der Waals surface area contributed by atoms with Crippen LogP contribution >= 0.6 is 11.8 Å². The van der Waals surface area contributed by atoms with Crippen molar-refractivity contribution in [2.24, 2.45) is 0 Å². The number of carbonyl (C=O) groups is 2. The average Bonchev–Trinajstić information content (AvgIpc) is 2.92. The van der Waals surface area contributed by atoms with Gasteiger partial charge in [0.1, 0.15) is 5.54 Å². The summed E-state index contributed by atoms with van der Waals surface area (Å²) >= 11 is 1.84. The highest BCUT2D eigenvalue weighted by molar-refractivity contribution is 7.98. The fraction of sp³-hybridized carbons (Fsp3) is 0.667. The number of thioether (sulfide) groups is 1. The molecule has 8 heteroatoms. The van der Waals surface area contributed by atoms with E-state index in [1.54, 1.807) is 13.3 Å². The first-order valence-corrected chi connectivity index (χ1v) is 11.7. The van der Waals surface area contributed by atoms with Crippen molar-refractivity contribution in [2.75, 3.05) is 45.4 Å². The molecule has 0 aromatic carbocycles. The lowest BCUT2D eigenvalue weighted by Gasteiger charge is -2.44. The topological polar surface area (TPSA) is 66.0 Å². The largest absolute Gasteiger partial charge is 0.385 e. The van der Waals surface area contributed by atoms with E-state index < -0.39 is 5.54 Å². The summed E-state index contributed by atoms with van der Waals surface area (Å²) in [5.74, 6) is 1.01. The Labute approximate surface area is 177 Å². The predicted octanol–water partition coefficient (Wildman–Crippen LogP) is 2.47. The minimum Gasteiger partial charge on any atom is -0.385 e. The molecule has 0 aliphatic carbocycles. The maximum atomic E-state index is 13.5. The predicted molar refractivity (Wildman–Crippen MR) is 115 cm³/mol. The highest BCUT2D eigenvalue weighted by Crippen LogP contribution is 2.38. The van der Waals surface area contributed by atoms with Gasteiger partial charge in [0.2, 0.25) is 0 Å². The summed E-state index contributed by atoms with van der Waals surface area (Å²) in [4.78, 5) is 36.7. The number of amides is 3. The van der Waals surface area contributed by atoms with E-state index in [2.05, 4.69) is 23.1 Å². The minimum atomic E-state index is -0.727. The third-order valence-electron chi connectivity index (χ3n) is 6.05. The van der Waals surface area contributed by atoms with Crippen LogP contribution in [0.1, 0.15) is 31.9 Å². The van der Waals surface area contributed by atoms with E-state index >= 15 is 0 Å². The van der Waals surface area contributed by atoms with Crippen molar-refractivity contribution in [1.29, 1.82) is 0 Å². The van der Waals surface area contributed by atoms with Gasteiger partial charge in [-0.05, 0) is 44.6 Å². The van der Waals surface area contributed by atoms with Gasteiger partial charge in [0.15, 0.2) is 0 Å². The molecule has 3 amide bonds. The van der Waals surface area contributed by atoms with Gasteiger partial charge in [-0.3, -0.25) is 19.6 Å². The summed E-state index contributed by atoms with van der Waals surface area (Å²) in [6, 6.07) is 5.85. The van der Waals surface area contributed by atoms with Gasteiger partial charge in [0.25, 0.3) is 5.91 Å². The van der Waals surface area contributed by atoms with Crippen molar-refractivity contribution in [3.8, 4) is 0 Å². The molecule has 160 valence electrons. The van der Waals surface area contributed by atoms with Crippen LogP contribution in [0, 0.1) is 0 Å². The number of hydrogen-bond donors (Lipinski definition) is 0. The number of ether oxygens (including phenoxy) is 1. The summed E-state index contributed by atoms with van der Waals surface area (Å²) in [5.41, 5.74) is 0.00367. The number of methoxy groups -OCH3 is 1. The molecule has 7 nitrogen and oxygen atoms in total. The van der Waals surface area contributed by atoms with Gasteiger partial charge in [-0.15, -0.1) is 0 Å². The second kappa shape index (κ2) is 9.91. The van der Waals surface area contributed by atoms with Crippen LogP contribution in [0.25, 0.3) is 0 Å².